The van der Waals surface area contributed by atoms with E-state index in [1.165, 1.54) is 0 Å². The number of unbranched alkanes of at least 4 members (excludes halogenated alkanes) is 2. The molecule has 2 aromatic rings. The van der Waals surface area contributed by atoms with Crippen molar-refractivity contribution in [3.63, 3.8) is 0 Å². The monoisotopic (exact) mass is 286 g/mol. The third-order valence-electron chi connectivity index (χ3n) is 3.75. The quantitative estimate of drug-likeness (QED) is 0.594. The van der Waals surface area contributed by atoms with Crippen LogP contribution in [0.25, 0.3) is 11.1 Å². The Morgan fingerprint density at radius 3 is 2.45 bits per heavy atom. The maximum atomic E-state index is 13.3. The van der Waals surface area contributed by atoms with Crippen LogP contribution in [0.2, 0.25) is 0 Å². The van der Waals surface area contributed by atoms with Crippen LogP contribution < -0.4 is 9.83 Å². The highest BCUT2D eigenvalue weighted by Gasteiger charge is 2.34. The molecule has 0 N–H and O–H groups in total. The van der Waals surface area contributed by atoms with Gasteiger partial charge in [-0.05, 0) is 24.1 Å². The first-order valence-electron chi connectivity index (χ1n) is 7.22. The molecule has 1 heterocycles. The Labute approximate surface area is 120 Å². The summed E-state index contributed by atoms with van der Waals surface area (Å²) in [6.45, 7) is 2.15. The Hall–Kier alpha value is -1.53. The van der Waals surface area contributed by atoms with Crippen LogP contribution in [0.4, 0.5) is 0 Å². The maximum absolute atomic E-state index is 13.3. The minimum absolute atomic E-state index is 0.631. The molecule has 2 nitrogen and oxygen atoms in total. The molecule has 20 heavy (non-hydrogen) atoms. The van der Waals surface area contributed by atoms with Crippen molar-refractivity contribution in [2.75, 3.05) is 6.16 Å². The molecule has 2 aromatic carbocycles. The number of hydrogen-bond acceptors (Lipinski definition) is 2. The maximum Gasteiger partial charge on any atom is 0.277 e. The van der Waals surface area contributed by atoms with Gasteiger partial charge in [0.2, 0.25) is 0 Å². The molecule has 0 bridgehead atoms. The van der Waals surface area contributed by atoms with Crippen molar-refractivity contribution in [2.45, 2.75) is 26.2 Å². The van der Waals surface area contributed by atoms with Crippen molar-refractivity contribution in [1.82, 2.24) is 0 Å². The van der Waals surface area contributed by atoms with Gasteiger partial charge in [0, 0.05) is 11.7 Å². The highest BCUT2D eigenvalue weighted by Crippen LogP contribution is 2.54. The summed E-state index contributed by atoms with van der Waals surface area (Å²) in [4.78, 5) is 0. The minimum atomic E-state index is -2.77. The number of fused-ring (bicyclic) bond motifs is 3. The van der Waals surface area contributed by atoms with Crippen molar-refractivity contribution in [1.29, 1.82) is 0 Å². The Kier molecular flexibility index (Phi) is 3.67. The molecule has 104 valence electrons. The van der Waals surface area contributed by atoms with Crippen LogP contribution in [0.3, 0.4) is 0 Å². The Morgan fingerprint density at radius 1 is 0.950 bits per heavy atom. The molecule has 3 rings (SSSR count). The van der Waals surface area contributed by atoms with E-state index in [2.05, 4.69) is 6.92 Å². The van der Waals surface area contributed by atoms with Crippen LogP contribution in [0, 0.1) is 0 Å². The highest BCUT2D eigenvalue weighted by atomic mass is 31.2. The zero-order chi connectivity index (χ0) is 14.0. The van der Waals surface area contributed by atoms with E-state index in [4.69, 9.17) is 4.52 Å². The number of benzene rings is 2. The van der Waals surface area contributed by atoms with Gasteiger partial charge in [-0.1, -0.05) is 56.2 Å². The summed E-state index contributed by atoms with van der Waals surface area (Å²) in [6.07, 6.45) is 3.80. The van der Waals surface area contributed by atoms with Crippen molar-refractivity contribution >= 4 is 12.7 Å². The topological polar surface area (TPSA) is 26.3 Å². The lowest BCUT2D eigenvalue weighted by atomic mass is 10.0. The summed E-state index contributed by atoms with van der Waals surface area (Å²) in [5, 5.41) is 0.884. The van der Waals surface area contributed by atoms with E-state index in [0.29, 0.717) is 6.16 Å². The van der Waals surface area contributed by atoms with Crippen molar-refractivity contribution < 1.29 is 9.09 Å². The fourth-order valence-electron chi connectivity index (χ4n) is 2.71. The first kappa shape index (κ1) is 13.5. The normalized spacial score (nSPS) is 19.9. The van der Waals surface area contributed by atoms with Crippen LogP contribution in [-0.2, 0) is 4.57 Å². The molecule has 1 unspecified atom stereocenters. The molecule has 1 atom stereocenters. The number of hydrogen-bond donors (Lipinski definition) is 0. The first-order valence-corrected chi connectivity index (χ1v) is 9.03. The van der Waals surface area contributed by atoms with Crippen LogP contribution >= 0.6 is 7.37 Å². The number of para-hydroxylation sites is 1. The molecule has 1 aliphatic heterocycles. The fraction of sp³-hybridized carbons (Fsp3) is 0.294. The third-order valence-corrected chi connectivity index (χ3v) is 6.27. The molecular weight excluding hydrogens is 267 g/mol. The van der Waals surface area contributed by atoms with E-state index in [1.807, 2.05) is 48.5 Å². The molecule has 1 aliphatic rings. The van der Waals surface area contributed by atoms with Gasteiger partial charge >= 0.3 is 0 Å². The third kappa shape index (κ3) is 2.29. The lowest BCUT2D eigenvalue weighted by Crippen LogP contribution is -2.19. The average Bonchev–Trinajstić information content (AvgIpc) is 2.48. The molecule has 0 radical (unpaired) electrons. The van der Waals surface area contributed by atoms with Gasteiger partial charge < -0.3 is 4.52 Å². The Morgan fingerprint density at radius 2 is 1.65 bits per heavy atom. The summed E-state index contributed by atoms with van der Waals surface area (Å²) < 4.78 is 19.2. The predicted octanol–water partition coefficient (Wildman–Crippen LogP) is 4.84. The summed E-state index contributed by atoms with van der Waals surface area (Å²) in [7, 11) is -2.77. The first-order chi connectivity index (χ1) is 9.74. The van der Waals surface area contributed by atoms with Gasteiger partial charge in [-0.2, -0.15) is 0 Å². The standard InChI is InChI=1S/C17H19O2P/c1-2-3-8-13-20(18)17-12-7-5-10-15(17)14-9-4-6-11-16(14)19-20/h4-7,9-12H,2-3,8,13H2,1H3. The van der Waals surface area contributed by atoms with Gasteiger partial charge in [0.25, 0.3) is 7.37 Å². The van der Waals surface area contributed by atoms with Crippen molar-refractivity contribution in [3.8, 4) is 16.9 Å². The zero-order valence-corrected chi connectivity index (χ0v) is 12.6. The zero-order valence-electron chi connectivity index (χ0n) is 11.7. The molecule has 0 spiro atoms. The fourth-order valence-corrected chi connectivity index (χ4v) is 5.13. The lowest BCUT2D eigenvalue weighted by molar-refractivity contribution is 0.488. The van der Waals surface area contributed by atoms with Crippen LogP contribution in [0.15, 0.2) is 48.5 Å². The van der Waals surface area contributed by atoms with Crippen LogP contribution in [0.1, 0.15) is 26.2 Å². The molecule has 0 fully saturated rings. The molecule has 0 aromatic heterocycles. The Balaban J connectivity index is 2.06. The molecule has 3 heteroatoms. The lowest BCUT2D eigenvalue weighted by Gasteiger charge is -2.28. The SMILES string of the molecule is CCCCCP1(=O)Oc2ccccc2-c2ccccc21. The van der Waals surface area contributed by atoms with Crippen molar-refractivity contribution in [2.24, 2.45) is 0 Å². The molecule has 0 amide bonds. The highest BCUT2D eigenvalue weighted by molar-refractivity contribution is 7.67. The van der Waals surface area contributed by atoms with Crippen LogP contribution in [0.5, 0.6) is 5.75 Å². The van der Waals surface area contributed by atoms with Gasteiger partial charge in [0.05, 0.1) is 5.30 Å². The second kappa shape index (κ2) is 5.46. The van der Waals surface area contributed by atoms with E-state index < -0.39 is 7.37 Å². The largest absolute Gasteiger partial charge is 0.439 e. The van der Waals surface area contributed by atoms with E-state index in [1.54, 1.807) is 0 Å². The molecular formula is C17H19O2P. The average molecular weight is 286 g/mol. The summed E-state index contributed by atoms with van der Waals surface area (Å²) >= 11 is 0. The molecule has 0 saturated heterocycles. The van der Waals surface area contributed by atoms with Gasteiger partial charge in [-0.25, -0.2) is 0 Å². The number of rotatable bonds is 4. The predicted molar refractivity (Wildman–Crippen MR) is 84.1 cm³/mol. The summed E-state index contributed by atoms with van der Waals surface area (Å²) in [5.74, 6) is 0.756. The summed E-state index contributed by atoms with van der Waals surface area (Å²) in [5.41, 5.74) is 2.11. The van der Waals surface area contributed by atoms with Gasteiger partial charge in [0.1, 0.15) is 5.75 Å². The van der Waals surface area contributed by atoms with Gasteiger partial charge in [-0.15, -0.1) is 0 Å². The molecule has 0 saturated carbocycles. The van der Waals surface area contributed by atoms with E-state index in [9.17, 15) is 4.57 Å². The van der Waals surface area contributed by atoms with E-state index >= 15 is 0 Å². The van der Waals surface area contributed by atoms with E-state index in [-0.39, 0.29) is 0 Å². The van der Waals surface area contributed by atoms with Crippen molar-refractivity contribution in [3.05, 3.63) is 48.5 Å². The second-order valence-corrected chi connectivity index (χ2v) is 7.67. The smallest absolute Gasteiger partial charge is 0.277 e. The van der Waals surface area contributed by atoms with E-state index in [0.717, 1.165) is 41.4 Å². The van der Waals surface area contributed by atoms with Gasteiger partial charge in [0.15, 0.2) is 0 Å². The second-order valence-electron chi connectivity index (χ2n) is 5.21. The minimum Gasteiger partial charge on any atom is -0.439 e. The Bertz CT molecular complexity index is 664. The van der Waals surface area contributed by atoms with Crippen LogP contribution in [-0.4, -0.2) is 6.16 Å². The summed E-state index contributed by atoms with van der Waals surface area (Å²) in [6, 6.07) is 15.8. The van der Waals surface area contributed by atoms with Gasteiger partial charge in [-0.3, -0.25) is 4.57 Å². The molecule has 0 aliphatic carbocycles.